The number of hydrogen-bond acceptors (Lipinski definition) is 3. The third-order valence-electron chi connectivity index (χ3n) is 2.94. The molecule has 2 rings (SSSR count). The van der Waals surface area contributed by atoms with Crippen LogP contribution in [0.25, 0.3) is 10.9 Å². The Balaban J connectivity index is 3.09. The van der Waals surface area contributed by atoms with Crippen LogP contribution >= 0.6 is 0 Å². The van der Waals surface area contributed by atoms with Gasteiger partial charge in [0, 0.05) is 11.5 Å². The van der Waals surface area contributed by atoms with Crippen LogP contribution in [0.4, 0.5) is 0 Å². The van der Waals surface area contributed by atoms with Gasteiger partial charge in [-0.25, -0.2) is 0 Å². The van der Waals surface area contributed by atoms with Crippen LogP contribution in [0.1, 0.15) is 11.1 Å². The zero-order valence-corrected chi connectivity index (χ0v) is 9.96. The molecular formula is C13H13NO3. The summed E-state index contributed by atoms with van der Waals surface area (Å²) in [4.78, 5) is 26.4. The molecule has 0 amide bonds. The number of aromatic amines is 1. The molecule has 4 nitrogen and oxygen atoms in total. The summed E-state index contributed by atoms with van der Waals surface area (Å²) >= 11 is 0. The highest BCUT2D eigenvalue weighted by molar-refractivity contribution is 5.82. The Kier molecular flexibility index (Phi) is 2.71. The summed E-state index contributed by atoms with van der Waals surface area (Å²) in [6.07, 6.45) is 0. The van der Waals surface area contributed by atoms with Gasteiger partial charge >= 0.3 is 0 Å². The quantitative estimate of drug-likeness (QED) is 0.809. The smallest absolute Gasteiger partial charge is 0.290 e. The van der Waals surface area contributed by atoms with Gasteiger partial charge in [-0.3, -0.25) is 9.59 Å². The first-order valence-corrected chi connectivity index (χ1v) is 5.26. The van der Waals surface area contributed by atoms with Crippen molar-refractivity contribution >= 4 is 10.9 Å². The van der Waals surface area contributed by atoms with Crippen molar-refractivity contribution in [2.45, 2.75) is 13.8 Å². The van der Waals surface area contributed by atoms with Crippen LogP contribution in [0.3, 0.4) is 0 Å². The largest absolute Gasteiger partial charge is 0.491 e. The number of aryl methyl sites for hydroxylation is 2. The lowest BCUT2D eigenvalue weighted by Gasteiger charge is -2.00. The van der Waals surface area contributed by atoms with E-state index in [1.807, 2.05) is 19.9 Å². The number of hydrogen-bond donors (Lipinski definition) is 1. The molecule has 0 spiro atoms. The Hall–Kier alpha value is -2.10. The second-order valence-electron chi connectivity index (χ2n) is 3.96. The monoisotopic (exact) mass is 231 g/mol. The summed E-state index contributed by atoms with van der Waals surface area (Å²) in [5.41, 5.74) is 1.81. The molecule has 0 atom stereocenters. The topological polar surface area (TPSA) is 59.2 Å². The second-order valence-corrected chi connectivity index (χ2v) is 3.96. The highest BCUT2D eigenvalue weighted by atomic mass is 16.5. The number of fused-ring (bicyclic) bond motifs is 1. The number of H-pyrrole nitrogens is 1. The first-order valence-electron chi connectivity index (χ1n) is 5.26. The van der Waals surface area contributed by atoms with Gasteiger partial charge in [0.2, 0.25) is 0 Å². The Bertz CT molecular complexity index is 701. The number of aromatic nitrogens is 1. The Morgan fingerprint density at radius 3 is 2.53 bits per heavy atom. The summed E-state index contributed by atoms with van der Waals surface area (Å²) in [5, 5.41) is 0.533. The maximum Gasteiger partial charge on any atom is 0.290 e. The van der Waals surface area contributed by atoms with Crippen LogP contribution in [-0.4, -0.2) is 12.1 Å². The molecule has 2 aromatic rings. The molecule has 0 aliphatic heterocycles. The SMILES string of the molecule is COc1cc(=O)c2c(C)c(C)ccc2[nH]c1=O. The van der Waals surface area contributed by atoms with E-state index in [0.717, 1.165) is 11.1 Å². The second kappa shape index (κ2) is 4.05. The molecular weight excluding hydrogens is 218 g/mol. The van der Waals surface area contributed by atoms with Gasteiger partial charge in [0.15, 0.2) is 11.2 Å². The van der Waals surface area contributed by atoms with Crippen molar-refractivity contribution in [1.29, 1.82) is 0 Å². The molecule has 0 radical (unpaired) electrons. The van der Waals surface area contributed by atoms with Crippen molar-refractivity contribution in [3.63, 3.8) is 0 Å². The highest BCUT2D eigenvalue weighted by Gasteiger charge is 2.07. The fraction of sp³-hybridized carbons (Fsp3) is 0.231. The molecule has 0 unspecified atom stereocenters. The van der Waals surface area contributed by atoms with Crippen molar-refractivity contribution < 1.29 is 4.74 Å². The van der Waals surface area contributed by atoms with Crippen molar-refractivity contribution in [2.75, 3.05) is 7.11 Å². The number of rotatable bonds is 1. The van der Waals surface area contributed by atoms with E-state index in [4.69, 9.17) is 4.74 Å². The Morgan fingerprint density at radius 2 is 1.88 bits per heavy atom. The maximum atomic E-state index is 12.0. The number of benzene rings is 1. The molecule has 4 heteroatoms. The molecule has 1 heterocycles. The Morgan fingerprint density at radius 1 is 1.18 bits per heavy atom. The molecule has 1 aromatic carbocycles. The van der Waals surface area contributed by atoms with Crippen molar-refractivity contribution in [3.8, 4) is 5.75 Å². The van der Waals surface area contributed by atoms with Crippen molar-refractivity contribution in [1.82, 2.24) is 4.98 Å². The number of methoxy groups -OCH3 is 1. The number of ether oxygens (including phenoxy) is 1. The summed E-state index contributed by atoms with van der Waals surface area (Å²) in [6, 6.07) is 4.84. The predicted octanol–water partition coefficient (Wildman–Crippen LogP) is 1.51. The summed E-state index contributed by atoms with van der Waals surface area (Å²) in [6.45, 7) is 3.79. The van der Waals surface area contributed by atoms with E-state index in [0.29, 0.717) is 10.9 Å². The first-order chi connectivity index (χ1) is 8.04. The van der Waals surface area contributed by atoms with Gasteiger partial charge in [-0.2, -0.15) is 0 Å². The minimum Gasteiger partial charge on any atom is -0.491 e. The van der Waals surface area contributed by atoms with Crippen molar-refractivity contribution in [2.24, 2.45) is 0 Å². The van der Waals surface area contributed by atoms with Gasteiger partial charge in [-0.1, -0.05) is 6.07 Å². The third-order valence-corrected chi connectivity index (χ3v) is 2.94. The standard InChI is InChI=1S/C13H13NO3/c1-7-4-5-9-12(8(7)2)10(15)6-11(17-3)13(16)14-9/h4-6H,1-3H3,(H,14,16). The molecule has 1 N–H and O–H groups in total. The summed E-state index contributed by atoms with van der Waals surface area (Å²) in [5.74, 6) is 0.0308. The van der Waals surface area contributed by atoms with Crippen LogP contribution in [0.2, 0.25) is 0 Å². The lowest BCUT2D eigenvalue weighted by atomic mass is 10.1. The fourth-order valence-corrected chi connectivity index (χ4v) is 1.83. The summed E-state index contributed by atoms with van der Waals surface area (Å²) in [7, 11) is 1.37. The highest BCUT2D eigenvalue weighted by Crippen LogP contribution is 2.15. The molecule has 88 valence electrons. The van der Waals surface area contributed by atoms with Crippen molar-refractivity contribution in [3.05, 3.63) is 49.9 Å². The van der Waals surface area contributed by atoms with E-state index in [1.54, 1.807) is 6.07 Å². The summed E-state index contributed by atoms with van der Waals surface area (Å²) < 4.78 is 4.88. The molecule has 0 aliphatic carbocycles. The average Bonchev–Trinajstić information content (AvgIpc) is 2.41. The minimum absolute atomic E-state index is 0.0308. The van der Waals surface area contributed by atoms with Gasteiger partial charge in [0.25, 0.3) is 5.56 Å². The molecule has 0 bridgehead atoms. The molecule has 0 saturated heterocycles. The minimum atomic E-state index is -0.400. The Labute approximate surface area is 97.9 Å². The molecule has 0 fully saturated rings. The van der Waals surface area contributed by atoms with Gasteiger partial charge in [-0.05, 0) is 31.0 Å². The first kappa shape index (κ1) is 11.4. The van der Waals surface area contributed by atoms with Crippen LogP contribution in [0, 0.1) is 13.8 Å². The van der Waals surface area contributed by atoms with Crippen LogP contribution in [0.5, 0.6) is 5.75 Å². The van der Waals surface area contributed by atoms with E-state index in [2.05, 4.69) is 4.98 Å². The van der Waals surface area contributed by atoms with E-state index in [-0.39, 0.29) is 11.2 Å². The molecule has 0 saturated carbocycles. The third kappa shape index (κ3) is 1.82. The van der Waals surface area contributed by atoms with Gasteiger partial charge in [0.05, 0.1) is 12.6 Å². The molecule has 17 heavy (non-hydrogen) atoms. The number of nitrogens with one attached hydrogen (secondary N) is 1. The van der Waals surface area contributed by atoms with Gasteiger partial charge in [-0.15, -0.1) is 0 Å². The van der Waals surface area contributed by atoms with E-state index in [1.165, 1.54) is 13.2 Å². The van der Waals surface area contributed by atoms with Gasteiger partial charge < -0.3 is 9.72 Å². The average molecular weight is 231 g/mol. The van der Waals surface area contributed by atoms with E-state index in [9.17, 15) is 9.59 Å². The van der Waals surface area contributed by atoms with E-state index < -0.39 is 5.56 Å². The fourth-order valence-electron chi connectivity index (χ4n) is 1.83. The lowest BCUT2D eigenvalue weighted by molar-refractivity contribution is 0.409. The molecule has 1 aromatic heterocycles. The van der Waals surface area contributed by atoms with Crippen LogP contribution in [0.15, 0.2) is 27.8 Å². The lowest BCUT2D eigenvalue weighted by Crippen LogP contribution is -2.05. The van der Waals surface area contributed by atoms with Crippen LogP contribution < -0.4 is 15.7 Å². The normalized spacial score (nSPS) is 10.5. The predicted molar refractivity (Wildman–Crippen MR) is 66.9 cm³/mol. The molecule has 0 aliphatic rings. The van der Waals surface area contributed by atoms with Crippen LogP contribution in [-0.2, 0) is 0 Å². The zero-order chi connectivity index (χ0) is 12.6. The zero-order valence-electron chi connectivity index (χ0n) is 9.96. The maximum absolute atomic E-state index is 12.0. The van der Waals surface area contributed by atoms with Gasteiger partial charge in [0.1, 0.15) is 0 Å². The van der Waals surface area contributed by atoms with E-state index >= 15 is 0 Å².